The molecule has 3 aromatic heterocycles. The number of carbonyl (C=O) groups excluding carboxylic acids is 2. The number of aryl methyl sites for hydroxylation is 2. The maximum absolute atomic E-state index is 12.7. The molecule has 142 valence electrons. The zero-order valence-electron chi connectivity index (χ0n) is 15.8. The molecule has 9 heteroatoms. The van der Waals surface area contributed by atoms with Crippen LogP contribution in [-0.4, -0.2) is 37.9 Å². The van der Waals surface area contributed by atoms with Crippen LogP contribution in [0.5, 0.6) is 0 Å². The Labute approximate surface area is 155 Å². The van der Waals surface area contributed by atoms with Crippen LogP contribution in [0.1, 0.15) is 48.6 Å². The van der Waals surface area contributed by atoms with Gasteiger partial charge in [0.05, 0.1) is 17.1 Å². The first-order chi connectivity index (χ1) is 12.8. The number of pyridine rings is 1. The van der Waals surface area contributed by atoms with Gasteiger partial charge in [0.15, 0.2) is 17.6 Å². The van der Waals surface area contributed by atoms with Crippen molar-refractivity contribution in [1.29, 1.82) is 0 Å². The molecule has 3 rings (SSSR count). The predicted octanol–water partition coefficient (Wildman–Crippen LogP) is 2.80. The summed E-state index contributed by atoms with van der Waals surface area (Å²) in [6.07, 6.45) is 0.569. The molecule has 0 radical (unpaired) electrons. The Morgan fingerprint density at radius 3 is 2.59 bits per heavy atom. The second-order valence-corrected chi connectivity index (χ2v) is 6.59. The number of ether oxygens (including phenoxy) is 1. The molecule has 3 heterocycles. The molecule has 0 fully saturated rings. The van der Waals surface area contributed by atoms with E-state index >= 15 is 0 Å². The molecular weight excluding hydrogens is 350 g/mol. The van der Waals surface area contributed by atoms with Crippen LogP contribution in [-0.2, 0) is 9.53 Å². The number of hydrogen-bond donors (Lipinski definition) is 1. The molecule has 9 nitrogen and oxygen atoms in total. The van der Waals surface area contributed by atoms with Gasteiger partial charge in [0.1, 0.15) is 5.76 Å². The number of hydrogen-bond acceptors (Lipinski definition) is 7. The summed E-state index contributed by atoms with van der Waals surface area (Å²) in [5, 5.41) is 11.1. The number of fused-ring (bicyclic) bond motifs is 1. The topological polar surface area (TPSA) is 112 Å². The highest BCUT2D eigenvalue weighted by Crippen LogP contribution is 2.22. The number of rotatable bonds is 5. The number of nitrogens with zero attached hydrogens (tertiary/aromatic N) is 4. The van der Waals surface area contributed by atoms with Crippen molar-refractivity contribution < 1.29 is 18.8 Å². The second-order valence-electron chi connectivity index (χ2n) is 6.59. The van der Waals surface area contributed by atoms with Gasteiger partial charge in [0.25, 0.3) is 5.91 Å². The SMILES string of the molecule is Cc1cc(C(=O)O[C@H](C)C(=O)Nc2cc(C)on2)c2cnn(C(C)C)c2n1. The maximum atomic E-state index is 12.7. The molecule has 0 bridgehead atoms. The Bertz CT molecular complexity index is 1000. The second kappa shape index (κ2) is 7.18. The van der Waals surface area contributed by atoms with E-state index in [9.17, 15) is 9.59 Å². The highest BCUT2D eigenvalue weighted by Gasteiger charge is 2.23. The van der Waals surface area contributed by atoms with E-state index in [0.717, 1.165) is 0 Å². The summed E-state index contributed by atoms with van der Waals surface area (Å²) >= 11 is 0. The summed E-state index contributed by atoms with van der Waals surface area (Å²) in [6, 6.07) is 3.29. The molecule has 0 aliphatic carbocycles. The van der Waals surface area contributed by atoms with Crippen LogP contribution in [0.3, 0.4) is 0 Å². The van der Waals surface area contributed by atoms with Crippen molar-refractivity contribution in [2.45, 2.75) is 46.8 Å². The lowest BCUT2D eigenvalue weighted by Crippen LogP contribution is -2.30. The lowest BCUT2D eigenvalue weighted by molar-refractivity contribution is -0.123. The summed E-state index contributed by atoms with van der Waals surface area (Å²) in [5.41, 5.74) is 1.58. The standard InChI is InChI=1S/C18H21N5O4/c1-9(2)23-16-14(8-19-23)13(6-10(3)20-16)18(25)26-12(5)17(24)21-15-7-11(4)27-22-15/h6-9,12H,1-5H3,(H,21,22,24)/t12-/m1/s1. The van der Waals surface area contributed by atoms with Gasteiger partial charge in [-0.15, -0.1) is 0 Å². The van der Waals surface area contributed by atoms with E-state index in [1.807, 2.05) is 13.8 Å². The number of esters is 1. The summed E-state index contributed by atoms with van der Waals surface area (Å²) < 4.78 is 12.0. The zero-order valence-corrected chi connectivity index (χ0v) is 15.8. The van der Waals surface area contributed by atoms with Gasteiger partial charge >= 0.3 is 5.97 Å². The summed E-state index contributed by atoms with van der Waals surface area (Å²) in [6.45, 7) is 8.94. The molecule has 0 saturated carbocycles. The predicted molar refractivity (Wildman–Crippen MR) is 97.4 cm³/mol. The summed E-state index contributed by atoms with van der Waals surface area (Å²) in [4.78, 5) is 29.3. The Balaban J connectivity index is 1.80. The molecule has 1 amide bonds. The minimum atomic E-state index is -1.02. The minimum Gasteiger partial charge on any atom is -0.449 e. The highest BCUT2D eigenvalue weighted by molar-refractivity contribution is 6.04. The van der Waals surface area contributed by atoms with Crippen molar-refractivity contribution in [3.8, 4) is 0 Å². The fourth-order valence-electron chi connectivity index (χ4n) is 2.62. The minimum absolute atomic E-state index is 0.0938. The van der Waals surface area contributed by atoms with E-state index in [1.165, 1.54) is 6.92 Å². The van der Waals surface area contributed by atoms with Crippen molar-refractivity contribution in [2.24, 2.45) is 0 Å². The molecule has 0 aliphatic rings. The quantitative estimate of drug-likeness (QED) is 0.686. The molecule has 1 N–H and O–H groups in total. The monoisotopic (exact) mass is 371 g/mol. The molecule has 27 heavy (non-hydrogen) atoms. The van der Waals surface area contributed by atoms with Crippen LogP contribution >= 0.6 is 0 Å². The van der Waals surface area contributed by atoms with Crippen LogP contribution in [0.4, 0.5) is 5.82 Å². The fourth-order valence-corrected chi connectivity index (χ4v) is 2.62. The molecule has 1 atom stereocenters. The van der Waals surface area contributed by atoms with E-state index in [2.05, 4.69) is 20.6 Å². The van der Waals surface area contributed by atoms with Crippen molar-refractivity contribution in [2.75, 3.05) is 5.32 Å². The Hall–Kier alpha value is -3.23. The fraction of sp³-hybridized carbons (Fsp3) is 0.389. The van der Waals surface area contributed by atoms with Gasteiger partial charge in [-0.25, -0.2) is 14.5 Å². The van der Waals surface area contributed by atoms with E-state index < -0.39 is 18.0 Å². The Morgan fingerprint density at radius 2 is 1.96 bits per heavy atom. The molecular formula is C18H21N5O4. The third-order valence-electron chi connectivity index (χ3n) is 3.94. The van der Waals surface area contributed by atoms with Crippen molar-refractivity contribution in [1.82, 2.24) is 19.9 Å². The van der Waals surface area contributed by atoms with E-state index in [-0.39, 0.29) is 11.9 Å². The van der Waals surface area contributed by atoms with Crippen molar-refractivity contribution >= 4 is 28.7 Å². The Morgan fingerprint density at radius 1 is 1.22 bits per heavy atom. The molecule has 3 aromatic rings. The third kappa shape index (κ3) is 3.81. The number of carbonyl (C=O) groups is 2. The van der Waals surface area contributed by atoms with Crippen molar-refractivity contribution in [3.05, 3.63) is 35.3 Å². The number of nitrogens with one attached hydrogen (secondary N) is 1. The number of amides is 1. The van der Waals surface area contributed by atoms with Crippen LogP contribution in [0, 0.1) is 13.8 Å². The first kappa shape index (κ1) is 18.6. The van der Waals surface area contributed by atoms with Gasteiger partial charge < -0.3 is 14.6 Å². The third-order valence-corrected chi connectivity index (χ3v) is 3.94. The molecule has 0 spiro atoms. The van der Waals surface area contributed by atoms with Crippen LogP contribution in [0.2, 0.25) is 0 Å². The normalized spacial score (nSPS) is 12.4. The molecule has 0 aromatic carbocycles. The summed E-state index contributed by atoms with van der Waals surface area (Å²) in [7, 11) is 0. The first-order valence-electron chi connectivity index (χ1n) is 8.56. The van der Waals surface area contributed by atoms with E-state index in [4.69, 9.17) is 9.26 Å². The largest absolute Gasteiger partial charge is 0.449 e. The van der Waals surface area contributed by atoms with Gasteiger partial charge in [-0.1, -0.05) is 5.16 Å². The average Bonchev–Trinajstić information content (AvgIpc) is 3.19. The van der Waals surface area contributed by atoms with Crippen molar-refractivity contribution in [3.63, 3.8) is 0 Å². The zero-order chi connectivity index (χ0) is 19.7. The van der Waals surface area contributed by atoms with Gasteiger partial charge in [-0.05, 0) is 40.7 Å². The van der Waals surface area contributed by atoms with Gasteiger partial charge in [0.2, 0.25) is 0 Å². The van der Waals surface area contributed by atoms with Crippen LogP contribution < -0.4 is 5.32 Å². The van der Waals surface area contributed by atoms with E-state index in [0.29, 0.717) is 28.1 Å². The number of anilines is 1. The lowest BCUT2D eigenvalue weighted by Gasteiger charge is -2.13. The smallest absolute Gasteiger partial charge is 0.339 e. The highest BCUT2D eigenvalue weighted by atomic mass is 16.5. The molecule has 0 unspecified atom stereocenters. The number of aromatic nitrogens is 4. The van der Waals surface area contributed by atoms with Gasteiger partial charge in [-0.3, -0.25) is 4.79 Å². The van der Waals surface area contributed by atoms with Crippen LogP contribution in [0.25, 0.3) is 11.0 Å². The van der Waals surface area contributed by atoms with Gasteiger partial charge in [-0.2, -0.15) is 5.10 Å². The Kier molecular flexibility index (Phi) is 4.93. The maximum Gasteiger partial charge on any atom is 0.339 e. The lowest BCUT2D eigenvalue weighted by atomic mass is 10.1. The van der Waals surface area contributed by atoms with E-state index in [1.54, 1.807) is 36.9 Å². The first-order valence-corrected chi connectivity index (χ1v) is 8.56. The van der Waals surface area contributed by atoms with Gasteiger partial charge in [0, 0.05) is 17.8 Å². The average molecular weight is 371 g/mol. The summed E-state index contributed by atoms with van der Waals surface area (Å²) in [5.74, 6) is -0.295. The van der Waals surface area contributed by atoms with Crippen LogP contribution in [0.15, 0.2) is 22.9 Å². The molecule has 0 saturated heterocycles. The molecule has 0 aliphatic heterocycles.